The Hall–Kier alpha value is -4.41. The van der Waals surface area contributed by atoms with Crippen LogP contribution in [0.1, 0.15) is 36.1 Å². The third-order valence-electron chi connectivity index (χ3n) is 8.54. The zero-order valence-corrected chi connectivity index (χ0v) is 30.3. The first kappa shape index (κ1) is 37.8. The fourth-order valence-electron chi connectivity index (χ4n) is 5.96. The third kappa shape index (κ3) is 9.48. The standard InChI is InChI=1S/C37H38N2O9S3/c1-3-38(25-27-8-5-11-34(22-27)49(40,41)42)32-18-14-29(15-19-32)37(31-10-7-13-36(24-31)51(46,47)48)30-16-20-33(21-17-30)39(4-2)26-28-9-6-12-35(23-28)50(43,44)45/h5-24,32H,3-4,25-26H2,1-2H3,(H,40,41,42)(H,43,44,45)(H,46,47,48). The summed E-state index contributed by atoms with van der Waals surface area (Å²) in [5.41, 5.74) is 5.08. The summed E-state index contributed by atoms with van der Waals surface area (Å²) in [7, 11) is -13.2. The van der Waals surface area contributed by atoms with Crippen molar-refractivity contribution in [1.29, 1.82) is 0 Å². The summed E-state index contributed by atoms with van der Waals surface area (Å²) < 4.78 is 99.6. The summed E-state index contributed by atoms with van der Waals surface area (Å²) in [4.78, 5) is 3.55. The lowest BCUT2D eigenvalue weighted by atomic mass is 9.90. The van der Waals surface area contributed by atoms with Crippen molar-refractivity contribution >= 4 is 41.6 Å². The molecule has 0 atom stereocenters. The van der Waals surface area contributed by atoms with Gasteiger partial charge < -0.3 is 4.90 Å². The minimum atomic E-state index is -4.48. The van der Waals surface area contributed by atoms with Gasteiger partial charge in [0.1, 0.15) is 0 Å². The number of likely N-dealkylation sites (N-methyl/N-ethyl adjacent to an activating group) is 1. The quantitative estimate of drug-likeness (QED) is 0.132. The average Bonchev–Trinajstić information content (AvgIpc) is 3.10. The third-order valence-corrected chi connectivity index (χ3v) is 11.1. The van der Waals surface area contributed by atoms with Crippen molar-refractivity contribution < 1.29 is 38.9 Å². The van der Waals surface area contributed by atoms with E-state index in [-0.39, 0.29) is 20.7 Å². The summed E-state index contributed by atoms with van der Waals surface area (Å²) in [6.07, 6.45) is 7.86. The van der Waals surface area contributed by atoms with Gasteiger partial charge in [-0.3, -0.25) is 18.6 Å². The highest BCUT2D eigenvalue weighted by Gasteiger charge is 2.20. The normalized spacial score (nSPS) is 14.9. The Bertz CT molecular complexity index is 2320. The highest BCUT2D eigenvalue weighted by Crippen LogP contribution is 2.33. The van der Waals surface area contributed by atoms with Crippen LogP contribution < -0.4 is 4.90 Å². The highest BCUT2D eigenvalue weighted by molar-refractivity contribution is 7.86. The molecule has 1 aliphatic rings. The largest absolute Gasteiger partial charge is 0.367 e. The number of rotatable bonds is 13. The van der Waals surface area contributed by atoms with Crippen LogP contribution in [0.5, 0.6) is 0 Å². The molecule has 1 aliphatic carbocycles. The van der Waals surface area contributed by atoms with Crippen LogP contribution in [0.3, 0.4) is 0 Å². The first-order valence-electron chi connectivity index (χ1n) is 16.0. The van der Waals surface area contributed by atoms with Crippen LogP contribution in [0, 0.1) is 0 Å². The Morgan fingerprint density at radius 1 is 0.588 bits per heavy atom. The van der Waals surface area contributed by atoms with Crippen LogP contribution in [0.2, 0.25) is 0 Å². The van der Waals surface area contributed by atoms with Gasteiger partial charge in [0, 0.05) is 31.4 Å². The van der Waals surface area contributed by atoms with E-state index in [2.05, 4.69) is 4.90 Å². The van der Waals surface area contributed by atoms with E-state index in [0.29, 0.717) is 48.4 Å². The molecule has 0 heterocycles. The summed E-state index contributed by atoms with van der Waals surface area (Å²) in [6.45, 7) is 5.97. The molecule has 4 aromatic rings. The Balaban J connectivity index is 1.48. The second kappa shape index (κ2) is 15.5. The van der Waals surface area contributed by atoms with Crippen molar-refractivity contribution in [2.24, 2.45) is 0 Å². The number of anilines is 1. The molecule has 14 heteroatoms. The van der Waals surface area contributed by atoms with E-state index >= 15 is 0 Å². The van der Waals surface area contributed by atoms with Crippen LogP contribution in [0.25, 0.3) is 5.57 Å². The maximum Gasteiger partial charge on any atom is 0.294 e. The van der Waals surface area contributed by atoms with Crippen LogP contribution >= 0.6 is 0 Å². The average molecular weight is 751 g/mol. The molecule has 11 nitrogen and oxygen atoms in total. The molecule has 0 bridgehead atoms. The van der Waals surface area contributed by atoms with Crippen LogP contribution in [-0.2, 0) is 43.4 Å². The monoisotopic (exact) mass is 750 g/mol. The smallest absolute Gasteiger partial charge is 0.294 e. The van der Waals surface area contributed by atoms with Gasteiger partial charge in [0.2, 0.25) is 0 Å². The zero-order valence-electron chi connectivity index (χ0n) is 27.9. The SMILES string of the molecule is CCN(Cc1cccc(S(=O)(=O)O)c1)c1ccc(C(=C2C=CC(N(CC)Cc3cccc(S(=O)(=O)O)c3)C=C2)c2cccc(S(=O)(=O)O)c2)cc1. The summed E-state index contributed by atoms with van der Waals surface area (Å²) in [5.74, 6) is 0. The van der Waals surface area contributed by atoms with Gasteiger partial charge in [0.25, 0.3) is 30.4 Å². The van der Waals surface area contributed by atoms with Crippen molar-refractivity contribution in [3.8, 4) is 0 Å². The molecule has 4 aromatic carbocycles. The van der Waals surface area contributed by atoms with E-state index in [9.17, 15) is 38.9 Å². The molecule has 0 spiro atoms. The van der Waals surface area contributed by atoms with E-state index in [1.54, 1.807) is 36.4 Å². The van der Waals surface area contributed by atoms with Crippen molar-refractivity contribution in [3.63, 3.8) is 0 Å². The lowest BCUT2D eigenvalue weighted by Gasteiger charge is -2.28. The maximum atomic E-state index is 12.1. The molecule has 0 saturated heterocycles. The Morgan fingerprint density at radius 2 is 1.08 bits per heavy atom. The second-order valence-electron chi connectivity index (χ2n) is 11.9. The van der Waals surface area contributed by atoms with Gasteiger partial charge in [-0.1, -0.05) is 79.8 Å². The molecule has 268 valence electrons. The molecule has 0 radical (unpaired) electrons. The van der Waals surface area contributed by atoms with Crippen molar-refractivity contribution in [3.05, 3.63) is 149 Å². The molecule has 5 rings (SSSR count). The van der Waals surface area contributed by atoms with Gasteiger partial charge >= 0.3 is 0 Å². The summed E-state index contributed by atoms with van der Waals surface area (Å²) in [5, 5.41) is 0. The summed E-state index contributed by atoms with van der Waals surface area (Å²) in [6, 6.07) is 25.8. The predicted octanol–water partition coefficient (Wildman–Crippen LogP) is 6.27. The lowest BCUT2D eigenvalue weighted by molar-refractivity contribution is 0.263. The molecule has 0 aromatic heterocycles. The van der Waals surface area contributed by atoms with E-state index in [1.807, 2.05) is 67.3 Å². The molecule has 51 heavy (non-hydrogen) atoms. The van der Waals surface area contributed by atoms with Gasteiger partial charge in [0.05, 0.1) is 14.7 Å². The molecular weight excluding hydrogens is 713 g/mol. The van der Waals surface area contributed by atoms with E-state index in [1.165, 1.54) is 36.4 Å². The first-order valence-corrected chi connectivity index (χ1v) is 20.3. The molecular formula is C37H38N2O9S3. The van der Waals surface area contributed by atoms with E-state index in [4.69, 9.17) is 0 Å². The Kier molecular flexibility index (Phi) is 11.5. The highest BCUT2D eigenvalue weighted by atomic mass is 32.2. The van der Waals surface area contributed by atoms with Crippen molar-refractivity contribution in [1.82, 2.24) is 4.90 Å². The van der Waals surface area contributed by atoms with Gasteiger partial charge in [-0.15, -0.1) is 0 Å². The molecule has 0 unspecified atom stereocenters. The number of benzene rings is 4. The van der Waals surface area contributed by atoms with Gasteiger partial charge in [-0.05, 0) is 95.4 Å². The topological polar surface area (TPSA) is 170 Å². The fourth-order valence-corrected chi connectivity index (χ4v) is 7.59. The lowest BCUT2D eigenvalue weighted by Crippen LogP contribution is -2.32. The second-order valence-corrected chi connectivity index (χ2v) is 16.2. The first-order chi connectivity index (χ1) is 24.1. The van der Waals surface area contributed by atoms with E-state index in [0.717, 1.165) is 16.8 Å². The number of nitrogens with zero attached hydrogens (tertiary/aromatic N) is 2. The molecule has 3 N–H and O–H groups in total. The van der Waals surface area contributed by atoms with E-state index < -0.39 is 30.4 Å². The van der Waals surface area contributed by atoms with Crippen LogP contribution in [0.15, 0.2) is 142 Å². The van der Waals surface area contributed by atoms with Crippen LogP contribution in [0.4, 0.5) is 5.69 Å². The predicted molar refractivity (Wildman–Crippen MR) is 196 cm³/mol. The maximum absolute atomic E-state index is 12.1. The van der Waals surface area contributed by atoms with Gasteiger partial charge in [-0.2, -0.15) is 25.3 Å². The molecule has 0 saturated carbocycles. The molecule has 0 aliphatic heterocycles. The Labute approximate surface area is 299 Å². The minimum absolute atomic E-state index is 0.154. The number of hydrogen-bond acceptors (Lipinski definition) is 8. The molecule has 0 amide bonds. The number of allylic oxidation sites excluding steroid dienone is 3. The molecule has 0 fully saturated rings. The Morgan fingerprint density at radius 3 is 1.57 bits per heavy atom. The van der Waals surface area contributed by atoms with Crippen LogP contribution in [-0.4, -0.2) is 62.9 Å². The number of hydrogen-bond donors (Lipinski definition) is 3. The van der Waals surface area contributed by atoms with Crippen molar-refractivity contribution in [2.45, 2.75) is 47.7 Å². The van der Waals surface area contributed by atoms with Gasteiger partial charge in [-0.25, -0.2) is 0 Å². The zero-order chi connectivity index (χ0) is 37.0. The minimum Gasteiger partial charge on any atom is -0.367 e. The summed E-state index contributed by atoms with van der Waals surface area (Å²) >= 11 is 0. The van der Waals surface area contributed by atoms with Crippen molar-refractivity contribution in [2.75, 3.05) is 18.0 Å². The van der Waals surface area contributed by atoms with Gasteiger partial charge in [0.15, 0.2) is 0 Å². The fraction of sp³-hybridized carbons (Fsp3) is 0.189.